The molecule has 3 heteroatoms. The molecular weight excluding hydrogens is 765 g/mol. The Bertz CT molecular complexity index is 3610. The average molecular weight is 805 g/mol. The van der Waals surface area contributed by atoms with Crippen LogP contribution in [0.4, 0.5) is 17.1 Å². The molecule has 12 rings (SSSR count). The summed E-state index contributed by atoms with van der Waals surface area (Å²) in [6, 6.07) is 87.2. The molecule has 0 amide bonds. The standard InChI is InChI=1S/C60H40N2O/c1-5-19-41(20-6-1)47-29-18-33-56(59(47)43-23-9-3-10-24-43)62-54-32-15-13-27-49(54)50-37-36-46(40-57(50)62)61(45-25-11-4-12-26-45)55-38-35-44(39-53(55)42-21-7-2-8-22-42)48-30-17-31-52-51-28-14-16-34-58(51)63-60(48)52/h1-40H. The van der Waals surface area contributed by atoms with Gasteiger partial charge in [0.2, 0.25) is 0 Å². The highest BCUT2D eigenvalue weighted by Gasteiger charge is 2.23. The summed E-state index contributed by atoms with van der Waals surface area (Å²) in [5.74, 6) is 0. The van der Waals surface area contributed by atoms with Crippen LogP contribution < -0.4 is 4.90 Å². The quantitative estimate of drug-likeness (QED) is 0.153. The van der Waals surface area contributed by atoms with Gasteiger partial charge in [0.25, 0.3) is 0 Å². The number of aromatic nitrogens is 1. The molecule has 0 radical (unpaired) electrons. The highest BCUT2D eigenvalue weighted by Crippen LogP contribution is 2.47. The van der Waals surface area contributed by atoms with Gasteiger partial charge >= 0.3 is 0 Å². The summed E-state index contributed by atoms with van der Waals surface area (Å²) in [5.41, 5.74) is 17.6. The normalized spacial score (nSPS) is 11.5. The second-order valence-electron chi connectivity index (χ2n) is 16.0. The Balaban J connectivity index is 1.11. The first-order valence-electron chi connectivity index (χ1n) is 21.5. The minimum Gasteiger partial charge on any atom is -0.455 e. The van der Waals surface area contributed by atoms with Gasteiger partial charge in [0.1, 0.15) is 11.2 Å². The van der Waals surface area contributed by atoms with Crippen molar-refractivity contribution in [3.05, 3.63) is 243 Å². The molecule has 0 fully saturated rings. The van der Waals surface area contributed by atoms with Crippen molar-refractivity contribution < 1.29 is 4.42 Å². The molecule has 12 aromatic rings. The van der Waals surface area contributed by atoms with Gasteiger partial charge in [0.05, 0.1) is 22.4 Å². The first kappa shape index (κ1) is 36.5. The second kappa shape index (κ2) is 15.3. The van der Waals surface area contributed by atoms with E-state index in [0.717, 1.165) is 78.0 Å². The fourth-order valence-corrected chi connectivity index (χ4v) is 9.58. The molecule has 0 unspecified atom stereocenters. The minimum atomic E-state index is 0.894. The van der Waals surface area contributed by atoms with Crippen LogP contribution in [-0.4, -0.2) is 4.57 Å². The molecule has 0 aliphatic carbocycles. The van der Waals surface area contributed by atoms with Gasteiger partial charge in [-0.15, -0.1) is 0 Å². The summed E-state index contributed by atoms with van der Waals surface area (Å²) in [7, 11) is 0. The largest absolute Gasteiger partial charge is 0.455 e. The fourth-order valence-electron chi connectivity index (χ4n) is 9.58. The van der Waals surface area contributed by atoms with Crippen molar-refractivity contribution in [2.45, 2.75) is 0 Å². The fraction of sp³-hybridized carbons (Fsp3) is 0. The molecule has 0 atom stereocenters. The highest BCUT2D eigenvalue weighted by molar-refractivity contribution is 6.12. The SMILES string of the molecule is c1ccc(-c2cc(-c3cccc4c3oc3ccccc34)ccc2N(c2ccccc2)c2ccc3c4ccccc4n(-c4cccc(-c5ccccc5)c4-c4ccccc4)c3c2)cc1. The van der Waals surface area contributed by atoms with E-state index in [1.54, 1.807) is 0 Å². The van der Waals surface area contributed by atoms with E-state index in [1.165, 1.54) is 33.0 Å². The van der Waals surface area contributed by atoms with Gasteiger partial charge in [0, 0.05) is 49.6 Å². The van der Waals surface area contributed by atoms with Gasteiger partial charge in [-0.2, -0.15) is 0 Å². The smallest absolute Gasteiger partial charge is 0.143 e. The number of rotatable bonds is 8. The van der Waals surface area contributed by atoms with Crippen molar-refractivity contribution in [3.8, 4) is 50.2 Å². The zero-order valence-corrected chi connectivity index (χ0v) is 34.4. The number of benzene rings is 10. The summed E-state index contributed by atoms with van der Waals surface area (Å²) in [4.78, 5) is 2.41. The molecule has 63 heavy (non-hydrogen) atoms. The third-order valence-corrected chi connectivity index (χ3v) is 12.4. The molecule has 0 bridgehead atoms. The molecule has 0 saturated heterocycles. The molecule has 3 nitrogen and oxygen atoms in total. The van der Waals surface area contributed by atoms with Gasteiger partial charge in [-0.1, -0.05) is 188 Å². The first-order chi connectivity index (χ1) is 31.3. The Kier molecular flexibility index (Phi) is 8.83. The lowest BCUT2D eigenvalue weighted by Gasteiger charge is -2.28. The van der Waals surface area contributed by atoms with E-state index in [0.29, 0.717) is 0 Å². The summed E-state index contributed by atoms with van der Waals surface area (Å²) in [6.45, 7) is 0. The maximum Gasteiger partial charge on any atom is 0.143 e. The predicted octanol–water partition coefficient (Wildman–Crippen LogP) is 16.8. The van der Waals surface area contributed by atoms with Crippen molar-refractivity contribution in [1.29, 1.82) is 0 Å². The van der Waals surface area contributed by atoms with Gasteiger partial charge in [-0.05, 0) is 82.4 Å². The summed E-state index contributed by atoms with van der Waals surface area (Å²) in [5, 5.41) is 4.65. The summed E-state index contributed by atoms with van der Waals surface area (Å²) in [6.07, 6.45) is 0. The van der Waals surface area contributed by atoms with Crippen molar-refractivity contribution in [2.24, 2.45) is 0 Å². The van der Waals surface area contributed by atoms with E-state index >= 15 is 0 Å². The van der Waals surface area contributed by atoms with Crippen molar-refractivity contribution >= 4 is 60.8 Å². The molecule has 0 aliphatic heterocycles. The average Bonchev–Trinajstić information content (AvgIpc) is 3.91. The lowest BCUT2D eigenvalue weighted by molar-refractivity contribution is 0.670. The summed E-state index contributed by atoms with van der Waals surface area (Å²) < 4.78 is 9.04. The van der Waals surface area contributed by atoms with E-state index in [4.69, 9.17) is 4.42 Å². The molecule has 2 heterocycles. The Morgan fingerprint density at radius 2 is 0.921 bits per heavy atom. The topological polar surface area (TPSA) is 21.3 Å². The van der Waals surface area contributed by atoms with E-state index < -0.39 is 0 Å². The maximum atomic E-state index is 6.57. The van der Waals surface area contributed by atoms with Crippen molar-refractivity contribution in [3.63, 3.8) is 0 Å². The monoisotopic (exact) mass is 804 g/mol. The van der Waals surface area contributed by atoms with Crippen LogP contribution in [0.1, 0.15) is 0 Å². The van der Waals surface area contributed by atoms with E-state index in [9.17, 15) is 0 Å². The zero-order chi connectivity index (χ0) is 41.7. The second-order valence-corrected chi connectivity index (χ2v) is 16.0. The molecule has 0 spiro atoms. The zero-order valence-electron chi connectivity index (χ0n) is 34.4. The van der Waals surface area contributed by atoms with Crippen molar-refractivity contribution in [1.82, 2.24) is 4.57 Å². The molecule has 2 aromatic heterocycles. The van der Waals surface area contributed by atoms with Gasteiger partial charge in [0.15, 0.2) is 0 Å². The molecule has 296 valence electrons. The Morgan fingerprint density at radius 3 is 1.68 bits per heavy atom. The molecule has 0 N–H and O–H groups in total. The van der Waals surface area contributed by atoms with Gasteiger partial charge in [-0.25, -0.2) is 0 Å². The molecule has 0 saturated carbocycles. The predicted molar refractivity (Wildman–Crippen MR) is 264 cm³/mol. The number of para-hydroxylation sites is 4. The number of hydrogen-bond acceptors (Lipinski definition) is 2. The van der Waals surface area contributed by atoms with Crippen LogP contribution in [0.2, 0.25) is 0 Å². The van der Waals surface area contributed by atoms with Gasteiger partial charge < -0.3 is 13.9 Å². The Labute approximate surface area is 366 Å². The van der Waals surface area contributed by atoms with E-state index in [1.807, 2.05) is 12.1 Å². The number of nitrogens with zero attached hydrogens (tertiary/aromatic N) is 2. The van der Waals surface area contributed by atoms with Crippen LogP contribution in [0.3, 0.4) is 0 Å². The van der Waals surface area contributed by atoms with Gasteiger partial charge in [-0.3, -0.25) is 0 Å². The van der Waals surface area contributed by atoms with Crippen LogP contribution in [0.15, 0.2) is 247 Å². The number of hydrogen-bond donors (Lipinski definition) is 0. The van der Waals surface area contributed by atoms with Crippen molar-refractivity contribution in [2.75, 3.05) is 4.90 Å². The first-order valence-corrected chi connectivity index (χ1v) is 21.5. The third kappa shape index (κ3) is 6.21. The lowest BCUT2D eigenvalue weighted by atomic mass is 9.93. The third-order valence-electron chi connectivity index (χ3n) is 12.4. The number of fused-ring (bicyclic) bond motifs is 6. The van der Waals surface area contributed by atoms with Crippen LogP contribution in [0, 0.1) is 0 Å². The van der Waals surface area contributed by atoms with E-state index in [2.05, 4.69) is 240 Å². The van der Waals surface area contributed by atoms with Crippen LogP contribution in [-0.2, 0) is 0 Å². The number of furan rings is 1. The lowest BCUT2D eigenvalue weighted by Crippen LogP contribution is -2.11. The minimum absolute atomic E-state index is 0.894. The Morgan fingerprint density at radius 1 is 0.333 bits per heavy atom. The molecular formula is C60H40N2O. The van der Waals surface area contributed by atoms with E-state index in [-0.39, 0.29) is 0 Å². The summed E-state index contributed by atoms with van der Waals surface area (Å²) >= 11 is 0. The maximum absolute atomic E-state index is 6.57. The Hall–Kier alpha value is -8.40. The van der Waals surface area contributed by atoms with Crippen LogP contribution in [0.5, 0.6) is 0 Å². The van der Waals surface area contributed by atoms with Crippen LogP contribution in [0.25, 0.3) is 93.9 Å². The molecule has 0 aliphatic rings. The molecule has 10 aromatic carbocycles. The highest BCUT2D eigenvalue weighted by atomic mass is 16.3. The number of anilines is 3. The van der Waals surface area contributed by atoms with Crippen LogP contribution >= 0.6 is 0 Å².